The molecule has 2 amide bonds. The topological polar surface area (TPSA) is 75.4 Å². The summed E-state index contributed by atoms with van der Waals surface area (Å²) in [6.07, 6.45) is 4.27. The Hall–Kier alpha value is -2.46. The number of nitrogens with one attached hydrogen (secondary N) is 1. The van der Waals surface area contributed by atoms with Gasteiger partial charge < -0.3 is 19.5 Å². The number of benzene rings is 1. The van der Waals surface area contributed by atoms with Gasteiger partial charge in [-0.25, -0.2) is 5.01 Å². The van der Waals surface area contributed by atoms with Gasteiger partial charge in [-0.15, -0.1) is 0 Å². The highest BCUT2D eigenvalue weighted by molar-refractivity contribution is 6.00. The lowest BCUT2D eigenvalue weighted by Crippen LogP contribution is -2.61. The van der Waals surface area contributed by atoms with E-state index in [1.807, 2.05) is 47.3 Å². The van der Waals surface area contributed by atoms with Gasteiger partial charge in [0.15, 0.2) is 0 Å². The fourth-order valence-electron chi connectivity index (χ4n) is 5.67. The molecule has 1 aromatic heterocycles. The number of hydrazine groups is 1. The summed E-state index contributed by atoms with van der Waals surface area (Å²) in [6, 6.07) is 7.71. The summed E-state index contributed by atoms with van der Waals surface area (Å²) in [5.41, 5.74) is 1.50. The Labute approximate surface area is 207 Å². The molecule has 3 aliphatic rings. The van der Waals surface area contributed by atoms with Crippen molar-refractivity contribution < 1.29 is 14.3 Å². The zero-order valence-corrected chi connectivity index (χ0v) is 21.0. The number of fused-ring (bicyclic) bond motifs is 1. The van der Waals surface area contributed by atoms with Gasteiger partial charge in [-0.2, -0.15) is 0 Å². The molecule has 5 rings (SSSR count). The Kier molecular flexibility index (Phi) is 7.38. The summed E-state index contributed by atoms with van der Waals surface area (Å²) in [5, 5.41) is 4.73. The van der Waals surface area contributed by atoms with Crippen molar-refractivity contribution in [2.45, 2.75) is 31.8 Å². The van der Waals surface area contributed by atoms with E-state index < -0.39 is 6.04 Å². The molecule has 3 aliphatic heterocycles. The third-order valence-electron chi connectivity index (χ3n) is 7.86. The van der Waals surface area contributed by atoms with Gasteiger partial charge in [-0.05, 0) is 63.5 Å². The lowest BCUT2D eigenvalue weighted by molar-refractivity contribution is -0.148. The van der Waals surface area contributed by atoms with Crippen molar-refractivity contribution in [3.8, 4) is 0 Å². The maximum atomic E-state index is 13.8. The summed E-state index contributed by atoms with van der Waals surface area (Å²) < 4.78 is 5.53. The van der Waals surface area contributed by atoms with Crippen LogP contribution in [0, 0.1) is 0 Å². The van der Waals surface area contributed by atoms with Gasteiger partial charge in [0.2, 0.25) is 5.91 Å². The normalized spacial score (nSPS) is 22.4. The van der Waals surface area contributed by atoms with Crippen molar-refractivity contribution in [1.29, 1.82) is 0 Å². The summed E-state index contributed by atoms with van der Waals surface area (Å²) in [7, 11) is 2.19. The number of H-pyrrole nitrogens is 1. The van der Waals surface area contributed by atoms with Crippen LogP contribution in [-0.2, 0) is 9.53 Å². The van der Waals surface area contributed by atoms with E-state index >= 15 is 0 Å². The number of amides is 2. The quantitative estimate of drug-likeness (QED) is 0.696. The van der Waals surface area contributed by atoms with E-state index in [0.29, 0.717) is 37.9 Å². The van der Waals surface area contributed by atoms with Gasteiger partial charge in [-0.3, -0.25) is 19.5 Å². The Morgan fingerprint density at radius 3 is 2.43 bits per heavy atom. The van der Waals surface area contributed by atoms with Crippen molar-refractivity contribution >= 4 is 22.7 Å². The number of ether oxygens (including phenoxy) is 1. The molecule has 0 saturated carbocycles. The Bertz CT molecular complexity index is 1020. The summed E-state index contributed by atoms with van der Waals surface area (Å²) >= 11 is 0. The van der Waals surface area contributed by atoms with Crippen LogP contribution in [0.5, 0.6) is 0 Å². The van der Waals surface area contributed by atoms with E-state index in [2.05, 4.69) is 21.8 Å². The average Bonchev–Trinajstić information content (AvgIpc) is 3.37. The van der Waals surface area contributed by atoms with Gasteiger partial charge in [0.05, 0.1) is 13.2 Å². The standard InChI is InChI=1S/C26H38N6O3/c1-20(25(33)30-13-11-29(12-14-30)23-6-9-28(2)10-7-23)32(31-15-17-35-18-16-31)26(34)22-4-3-21-5-8-27-24(21)19-22/h3-5,8,19-20,23,27H,6-7,9-18H2,1-2H3/t20-/m1/s1. The largest absolute Gasteiger partial charge is 0.379 e. The number of aromatic nitrogens is 1. The van der Waals surface area contributed by atoms with Gasteiger partial charge in [-0.1, -0.05) is 6.07 Å². The summed E-state index contributed by atoms with van der Waals surface area (Å²) in [5.74, 6) is -0.122. The predicted octanol–water partition coefficient (Wildman–Crippen LogP) is 1.48. The van der Waals surface area contributed by atoms with E-state index in [1.54, 1.807) is 5.01 Å². The summed E-state index contributed by atoms with van der Waals surface area (Å²) in [6.45, 7) is 9.69. The van der Waals surface area contributed by atoms with Crippen molar-refractivity contribution in [2.24, 2.45) is 0 Å². The number of hydrogen-bond donors (Lipinski definition) is 1. The second-order valence-electron chi connectivity index (χ2n) is 10.1. The van der Waals surface area contributed by atoms with Gasteiger partial charge >= 0.3 is 0 Å². The first-order chi connectivity index (χ1) is 17.0. The third-order valence-corrected chi connectivity index (χ3v) is 7.86. The number of carbonyl (C=O) groups is 2. The molecule has 1 aromatic carbocycles. The second kappa shape index (κ2) is 10.7. The average molecular weight is 483 g/mol. The lowest BCUT2D eigenvalue weighted by Gasteiger charge is -2.45. The van der Waals surface area contributed by atoms with E-state index in [9.17, 15) is 9.59 Å². The molecule has 0 radical (unpaired) electrons. The van der Waals surface area contributed by atoms with Crippen molar-refractivity contribution in [3.05, 3.63) is 36.0 Å². The van der Waals surface area contributed by atoms with Gasteiger partial charge in [0.1, 0.15) is 6.04 Å². The molecule has 1 atom stereocenters. The molecule has 0 bridgehead atoms. The number of hydrogen-bond acceptors (Lipinski definition) is 6. The van der Waals surface area contributed by atoms with Crippen LogP contribution < -0.4 is 0 Å². The predicted molar refractivity (Wildman–Crippen MR) is 135 cm³/mol. The zero-order valence-electron chi connectivity index (χ0n) is 21.0. The maximum Gasteiger partial charge on any atom is 0.268 e. The van der Waals surface area contributed by atoms with Crippen LogP contribution in [0.2, 0.25) is 0 Å². The highest BCUT2D eigenvalue weighted by Crippen LogP contribution is 2.21. The van der Waals surface area contributed by atoms with Crippen LogP contribution >= 0.6 is 0 Å². The molecule has 3 fully saturated rings. The van der Waals surface area contributed by atoms with E-state index in [0.717, 1.165) is 50.2 Å². The van der Waals surface area contributed by atoms with Crippen molar-refractivity contribution in [2.75, 3.05) is 72.6 Å². The maximum absolute atomic E-state index is 13.8. The monoisotopic (exact) mass is 482 g/mol. The van der Waals surface area contributed by atoms with Crippen LogP contribution in [0.15, 0.2) is 30.5 Å². The Morgan fingerprint density at radius 1 is 1.00 bits per heavy atom. The first-order valence-corrected chi connectivity index (χ1v) is 13.0. The van der Waals surface area contributed by atoms with Crippen LogP contribution in [0.3, 0.4) is 0 Å². The molecule has 35 heavy (non-hydrogen) atoms. The number of aromatic amines is 1. The molecule has 4 heterocycles. The van der Waals surface area contributed by atoms with Crippen LogP contribution in [0.25, 0.3) is 10.9 Å². The minimum atomic E-state index is -0.574. The third kappa shape index (κ3) is 5.23. The molecular weight excluding hydrogens is 444 g/mol. The molecule has 3 saturated heterocycles. The SMILES string of the molecule is C[C@H](C(=O)N1CCN(C2CCN(C)CC2)CC1)N(C(=O)c1ccc2cc[nH]c2c1)N1CCOCC1. The first kappa shape index (κ1) is 24.2. The molecule has 190 valence electrons. The summed E-state index contributed by atoms with van der Waals surface area (Å²) in [4.78, 5) is 37.5. The molecule has 0 spiro atoms. The number of carbonyl (C=O) groups excluding carboxylic acids is 2. The lowest BCUT2D eigenvalue weighted by atomic mass is 10.0. The molecule has 0 aliphatic carbocycles. The molecule has 0 unspecified atom stereocenters. The zero-order chi connectivity index (χ0) is 24.4. The fourth-order valence-corrected chi connectivity index (χ4v) is 5.67. The van der Waals surface area contributed by atoms with E-state index in [4.69, 9.17) is 4.74 Å². The number of rotatable bonds is 5. The van der Waals surface area contributed by atoms with E-state index in [1.165, 1.54) is 12.8 Å². The molecule has 1 N–H and O–H groups in total. The highest BCUT2D eigenvalue weighted by atomic mass is 16.5. The second-order valence-corrected chi connectivity index (χ2v) is 10.1. The molecule has 9 nitrogen and oxygen atoms in total. The van der Waals surface area contributed by atoms with Crippen molar-refractivity contribution in [3.63, 3.8) is 0 Å². The van der Waals surface area contributed by atoms with Gasteiger partial charge in [0.25, 0.3) is 5.91 Å². The minimum Gasteiger partial charge on any atom is -0.379 e. The first-order valence-electron chi connectivity index (χ1n) is 13.0. The number of nitrogens with zero attached hydrogens (tertiary/aromatic N) is 5. The number of morpholine rings is 1. The van der Waals surface area contributed by atoms with Gasteiger partial charge in [0, 0.05) is 62.6 Å². The van der Waals surface area contributed by atoms with Crippen LogP contribution in [0.1, 0.15) is 30.1 Å². The Morgan fingerprint density at radius 2 is 1.71 bits per heavy atom. The molecular formula is C26H38N6O3. The fraction of sp³-hybridized carbons (Fsp3) is 0.615. The van der Waals surface area contributed by atoms with Crippen LogP contribution in [-0.4, -0.2) is 126 Å². The Balaban J connectivity index is 1.28. The number of piperidine rings is 1. The number of likely N-dealkylation sites (tertiary alicyclic amines) is 1. The van der Waals surface area contributed by atoms with Crippen molar-refractivity contribution in [1.82, 2.24) is 29.7 Å². The number of piperazine rings is 1. The molecule has 9 heteroatoms. The smallest absolute Gasteiger partial charge is 0.268 e. The highest BCUT2D eigenvalue weighted by Gasteiger charge is 2.36. The van der Waals surface area contributed by atoms with Crippen LogP contribution in [0.4, 0.5) is 0 Å². The molecule has 2 aromatic rings. The minimum absolute atomic E-state index is 0.0221. The van der Waals surface area contributed by atoms with E-state index in [-0.39, 0.29) is 11.8 Å².